The van der Waals surface area contributed by atoms with E-state index in [0.29, 0.717) is 12.6 Å². The molecule has 82 valence electrons. The molecule has 2 nitrogen and oxygen atoms in total. The van der Waals surface area contributed by atoms with Crippen molar-refractivity contribution in [3.63, 3.8) is 0 Å². The molecule has 2 heterocycles. The lowest BCUT2D eigenvalue weighted by molar-refractivity contribution is -0.0273. The van der Waals surface area contributed by atoms with E-state index >= 15 is 0 Å². The van der Waals surface area contributed by atoms with Gasteiger partial charge in [0, 0.05) is 25.8 Å². The van der Waals surface area contributed by atoms with Crippen LogP contribution in [-0.4, -0.2) is 31.5 Å². The lowest BCUT2D eigenvalue weighted by Crippen LogP contribution is -2.51. The fraction of sp³-hybridized carbons (Fsp3) is 1.00. The number of ether oxygens (including phenoxy) is 1. The number of hydrogen-bond acceptors (Lipinski definition) is 2. The number of alkyl halides is 1. The maximum absolute atomic E-state index is 14.5. The standard InChI is InChI=1S/C11H20FNO/c1-9-2-5-11(12,8-13-9)10-3-6-14-7-4-10/h9-10,13H,2-8H2,1H3. The van der Waals surface area contributed by atoms with Crippen molar-refractivity contribution in [2.75, 3.05) is 19.8 Å². The molecule has 2 aliphatic rings. The summed E-state index contributed by atoms with van der Waals surface area (Å²) in [5.41, 5.74) is -0.962. The molecule has 2 aliphatic heterocycles. The Hall–Kier alpha value is -0.150. The van der Waals surface area contributed by atoms with Gasteiger partial charge in [-0.3, -0.25) is 0 Å². The van der Waals surface area contributed by atoms with Crippen LogP contribution in [0.2, 0.25) is 0 Å². The fourth-order valence-corrected chi connectivity index (χ4v) is 2.55. The number of halogens is 1. The molecule has 0 bridgehead atoms. The van der Waals surface area contributed by atoms with Crippen LogP contribution in [0.25, 0.3) is 0 Å². The van der Waals surface area contributed by atoms with Crippen molar-refractivity contribution in [3.8, 4) is 0 Å². The predicted molar refractivity (Wildman–Crippen MR) is 54.1 cm³/mol. The van der Waals surface area contributed by atoms with Crippen LogP contribution < -0.4 is 5.32 Å². The molecule has 0 aliphatic carbocycles. The van der Waals surface area contributed by atoms with Crippen molar-refractivity contribution < 1.29 is 9.13 Å². The van der Waals surface area contributed by atoms with Gasteiger partial charge in [0.1, 0.15) is 5.67 Å². The Balaban J connectivity index is 1.93. The van der Waals surface area contributed by atoms with Gasteiger partial charge in [0.2, 0.25) is 0 Å². The summed E-state index contributed by atoms with van der Waals surface area (Å²) in [4.78, 5) is 0. The molecule has 2 saturated heterocycles. The van der Waals surface area contributed by atoms with Crippen LogP contribution in [-0.2, 0) is 4.74 Å². The van der Waals surface area contributed by atoms with Crippen molar-refractivity contribution in [2.24, 2.45) is 5.92 Å². The number of piperidine rings is 1. The zero-order valence-corrected chi connectivity index (χ0v) is 8.89. The van der Waals surface area contributed by atoms with Crippen LogP contribution >= 0.6 is 0 Å². The number of nitrogens with one attached hydrogen (secondary N) is 1. The van der Waals surface area contributed by atoms with Crippen molar-refractivity contribution in [3.05, 3.63) is 0 Å². The summed E-state index contributed by atoms with van der Waals surface area (Å²) in [5.74, 6) is 0.219. The topological polar surface area (TPSA) is 21.3 Å². The van der Waals surface area contributed by atoms with E-state index in [1.165, 1.54) is 0 Å². The zero-order chi connectivity index (χ0) is 10.0. The van der Waals surface area contributed by atoms with Gasteiger partial charge in [-0.2, -0.15) is 0 Å². The lowest BCUT2D eigenvalue weighted by Gasteiger charge is -2.40. The van der Waals surface area contributed by atoms with Crippen LogP contribution in [0.15, 0.2) is 0 Å². The van der Waals surface area contributed by atoms with Crippen molar-refractivity contribution in [1.29, 1.82) is 0 Å². The van der Waals surface area contributed by atoms with Crippen LogP contribution in [0.1, 0.15) is 32.6 Å². The van der Waals surface area contributed by atoms with E-state index in [0.717, 1.165) is 38.9 Å². The predicted octanol–water partition coefficient (Wildman–Crippen LogP) is 1.89. The normalized spacial score (nSPS) is 41.1. The Morgan fingerprint density at radius 3 is 2.57 bits per heavy atom. The van der Waals surface area contributed by atoms with E-state index < -0.39 is 5.67 Å². The first-order chi connectivity index (χ1) is 6.71. The molecule has 0 saturated carbocycles. The highest BCUT2D eigenvalue weighted by Gasteiger charge is 2.41. The second kappa shape index (κ2) is 4.15. The molecule has 0 aromatic heterocycles. The third-order valence-electron chi connectivity index (χ3n) is 3.69. The Labute approximate surface area is 85.2 Å². The molecule has 2 fully saturated rings. The molecular weight excluding hydrogens is 181 g/mol. The van der Waals surface area contributed by atoms with Gasteiger partial charge in [0.15, 0.2) is 0 Å². The number of rotatable bonds is 1. The van der Waals surface area contributed by atoms with Crippen LogP contribution in [0.3, 0.4) is 0 Å². The first-order valence-electron chi connectivity index (χ1n) is 5.71. The molecule has 0 aromatic rings. The lowest BCUT2D eigenvalue weighted by atomic mass is 9.77. The fourth-order valence-electron chi connectivity index (χ4n) is 2.55. The molecule has 3 heteroatoms. The highest BCUT2D eigenvalue weighted by Crippen LogP contribution is 2.36. The van der Waals surface area contributed by atoms with Gasteiger partial charge in [-0.25, -0.2) is 4.39 Å². The summed E-state index contributed by atoms with van der Waals surface area (Å²) < 4.78 is 19.8. The Morgan fingerprint density at radius 1 is 1.29 bits per heavy atom. The van der Waals surface area contributed by atoms with Gasteiger partial charge in [-0.05, 0) is 38.5 Å². The van der Waals surface area contributed by atoms with Crippen molar-refractivity contribution in [2.45, 2.75) is 44.3 Å². The first-order valence-corrected chi connectivity index (χ1v) is 5.71. The maximum atomic E-state index is 14.5. The zero-order valence-electron chi connectivity index (χ0n) is 8.89. The van der Waals surface area contributed by atoms with E-state index in [4.69, 9.17) is 4.74 Å². The summed E-state index contributed by atoms with van der Waals surface area (Å²) in [6.07, 6.45) is 3.48. The smallest absolute Gasteiger partial charge is 0.126 e. The third kappa shape index (κ3) is 2.09. The molecule has 0 amide bonds. The van der Waals surface area contributed by atoms with E-state index in [1.54, 1.807) is 0 Å². The van der Waals surface area contributed by atoms with Gasteiger partial charge >= 0.3 is 0 Å². The average molecular weight is 201 g/mol. The monoisotopic (exact) mass is 201 g/mol. The first kappa shape index (κ1) is 10.4. The van der Waals surface area contributed by atoms with Crippen LogP contribution in [0.5, 0.6) is 0 Å². The molecule has 0 radical (unpaired) electrons. The van der Waals surface area contributed by atoms with Crippen LogP contribution in [0.4, 0.5) is 4.39 Å². The summed E-state index contributed by atoms with van der Waals surface area (Å²) in [5, 5.41) is 3.25. The molecule has 2 rings (SSSR count). The minimum Gasteiger partial charge on any atom is -0.381 e. The Morgan fingerprint density at radius 2 is 2.00 bits per heavy atom. The quantitative estimate of drug-likeness (QED) is 0.699. The van der Waals surface area contributed by atoms with Gasteiger partial charge in [0.05, 0.1) is 0 Å². The van der Waals surface area contributed by atoms with E-state index in [9.17, 15) is 4.39 Å². The second-order valence-electron chi connectivity index (χ2n) is 4.74. The molecule has 0 spiro atoms. The largest absolute Gasteiger partial charge is 0.381 e. The number of hydrogen-bond donors (Lipinski definition) is 1. The second-order valence-corrected chi connectivity index (χ2v) is 4.74. The van der Waals surface area contributed by atoms with E-state index in [1.807, 2.05) is 0 Å². The summed E-state index contributed by atoms with van der Waals surface area (Å²) in [6.45, 7) is 4.15. The van der Waals surface area contributed by atoms with Gasteiger partial charge in [-0.1, -0.05) is 0 Å². The van der Waals surface area contributed by atoms with Crippen LogP contribution in [0, 0.1) is 5.92 Å². The summed E-state index contributed by atoms with van der Waals surface area (Å²) in [6, 6.07) is 0.485. The van der Waals surface area contributed by atoms with E-state index in [2.05, 4.69) is 12.2 Å². The minimum atomic E-state index is -0.962. The molecular formula is C11H20FNO. The van der Waals surface area contributed by atoms with Gasteiger partial charge in [0.25, 0.3) is 0 Å². The van der Waals surface area contributed by atoms with Crippen molar-refractivity contribution >= 4 is 0 Å². The summed E-state index contributed by atoms with van der Waals surface area (Å²) >= 11 is 0. The minimum absolute atomic E-state index is 0.219. The Kier molecular flexibility index (Phi) is 3.07. The average Bonchev–Trinajstić information content (AvgIpc) is 2.24. The molecule has 2 atom stereocenters. The maximum Gasteiger partial charge on any atom is 0.126 e. The molecule has 1 N–H and O–H groups in total. The highest BCUT2D eigenvalue weighted by molar-refractivity contribution is 4.94. The highest BCUT2D eigenvalue weighted by atomic mass is 19.1. The Bertz CT molecular complexity index is 184. The SMILES string of the molecule is CC1CCC(F)(C2CCOCC2)CN1. The molecule has 2 unspecified atom stereocenters. The third-order valence-corrected chi connectivity index (χ3v) is 3.69. The van der Waals surface area contributed by atoms with Gasteiger partial charge < -0.3 is 10.1 Å². The van der Waals surface area contributed by atoms with Crippen molar-refractivity contribution in [1.82, 2.24) is 5.32 Å². The van der Waals surface area contributed by atoms with Gasteiger partial charge in [-0.15, -0.1) is 0 Å². The van der Waals surface area contributed by atoms with E-state index in [-0.39, 0.29) is 5.92 Å². The summed E-state index contributed by atoms with van der Waals surface area (Å²) in [7, 11) is 0. The molecule has 14 heavy (non-hydrogen) atoms. The molecule has 0 aromatic carbocycles.